The van der Waals surface area contributed by atoms with Crippen molar-refractivity contribution in [2.75, 3.05) is 18.9 Å². The van der Waals surface area contributed by atoms with Crippen molar-refractivity contribution >= 4 is 23.3 Å². The van der Waals surface area contributed by atoms with Gasteiger partial charge in [0.2, 0.25) is 0 Å². The van der Waals surface area contributed by atoms with E-state index in [1.165, 1.54) is 11.0 Å². The first-order valence-corrected chi connectivity index (χ1v) is 10.4. The third kappa shape index (κ3) is 4.72. The summed E-state index contributed by atoms with van der Waals surface area (Å²) in [5, 5.41) is 7.61. The van der Waals surface area contributed by atoms with Crippen molar-refractivity contribution in [1.29, 1.82) is 0 Å². The van der Waals surface area contributed by atoms with E-state index < -0.39 is 24.2 Å². The van der Waals surface area contributed by atoms with Gasteiger partial charge in [-0.05, 0) is 29.8 Å². The number of halogens is 4. The molecule has 0 saturated heterocycles. The SMILES string of the molecule is CN(CCc1ccccn1)C(=O)c1cc2n(n1)[C@@H](C(F)(F)F)C[C@@H](c1ccc(Cl)cc1)N2. The van der Waals surface area contributed by atoms with Crippen molar-refractivity contribution < 1.29 is 18.0 Å². The molecular weight excluding hydrogens is 443 g/mol. The zero-order chi connectivity index (χ0) is 22.9. The van der Waals surface area contributed by atoms with Crippen LogP contribution in [0.5, 0.6) is 0 Å². The van der Waals surface area contributed by atoms with E-state index in [-0.39, 0.29) is 17.9 Å². The quantitative estimate of drug-likeness (QED) is 0.584. The number of likely N-dealkylation sites (N-methyl/N-ethyl adjacent to an activating group) is 1. The molecule has 1 aromatic carbocycles. The van der Waals surface area contributed by atoms with E-state index in [0.717, 1.165) is 10.4 Å². The molecule has 3 aromatic rings. The van der Waals surface area contributed by atoms with Gasteiger partial charge in [0.05, 0.1) is 6.04 Å². The van der Waals surface area contributed by atoms with Crippen LogP contribution < -0.4 is 5.32 Å². The molecular formula is C22H21ClF3N5O. The van der Waals surface area contributed by atoms with Crippen LogP contribution in [0, 0.1) is 0 Å². The van der Waals surface area contributed by atoms with E-state index in [9.17, 15) is 18.0 Å². The van der Waals surface area contributed by atoms with Gasteiger partial charge in [-0.25, -0.2) is 4.68 Å². The fourth-order valence-corrected chi connectivity index (χ4v) is 3.84. The molecule has 2 atom stereocenters. The summed E-state index contributed by atoms with van der Waals surface area (Å²) in [4.78, 5) is 18.5. The van der Waals surface area contributed by atoms with Gasteiger partial charge in [-0.15, -0.1) is 0 Å². The van der Waals surface area contributed by atoms with Gasteiger partial charge in [0.15, 0.2) is 11.7 Å². The normalized spacial score (nSPS) is 18.0. The van der Waals surface area contributed by atoms with Gasteiger partial charge in [0.1, 0.15) is 5.82 Å². The van der Waals surface area contributed by atoms with Crippen molar-refractivity contribution in [3.63, 3.8) is 0 Å². The largest absolute Gasteiger partial charge is 0.410 e. The molecule has 0 unspecified atom stereocenters. The van der Waals surface area contributed by atoms with Gasteiger partial charge >= 0.3 is 6.18 Å². The Bertz CT molecular complexity index is 1090. The molecule has 3 heterocycles. The molecule has 1 amide bonds. The number of pyridine rings is 1. The van der Waals surface area contributed by atoms with E-state index in [4.69, 9.17) is 11.6 Å². The van der Waals surface area contributed by atoms with Crippen LogP contribution in [0.25, 0.3) is 0 Å². The van der Waals surface area contributed by atoms with E-state index in [1.54, 1.807) is 43.6 Å². The molecule has 10 heteroatoms. The lowest BCUT2D eigenvalue weighted by atomic mass is 9.97. The number of benzene rings is 1. The Balaban J connectivity index is 1.55. The molecule has 4 rings (SSSR count). The highest BCUT2D eigenvalue weighted by Gasteiger charge is 2.46. The van der Waals surface area contributed by atoms with Crippen molar-refractivity contribution in [2.24, 2.45) is 0 Å². The van der Waals surface area contributed by atoms with E-state index >= 15 is 0 Å². The maximum Gasteiger partial charge on any atom is 0.410 e. The van der Waals surface area contributed by atoms with Crippen molar-refractivity contribution in [3.8, 4) is 0 Å². The molecule has 2 aromatic heterocycles. The summed E-state index contributed by atoms with van der Waals surface area (Å²) in [6.45, 7) is 0.363. The monoisotopic (exact) mass is 463 g/mol. The standard InChI is InChI=1S/C22H21ClF3N5O/c1-30(11-9-16-4-2-3-10-27-16)21(32)18-13-20-28-17(14-5-7-15(23)8-6-14)12-19(22(24,25)26)31(20)29-18/h2-8,10,13,17,19,28H,9,11-12H2,1H3/t17-,19+/m0/s1. The maximum atomic E-state index is 13.8. The first-order chi connectivity index (χ1) is 15.2. The molecule has 0 radical (unpaired) electrons. The number of carbonyl (C=O) groups is 1. The van der Waals surface area contributed by atoms with E-state index in [1.807, 2.05) is 12.1 Å². The first-order valence-electron chi connectivity index (χ1n) is 10.1. The molecule has 168 valence electrons. The number of carbonyl (C=O) groups excluding carboxylic acids is 1. The average molecular weight is 464 g/mol. The molecule has 0 bridgehead atoms. The minimum atomic E-state index is -4.52. The predicted molar refractivity (Wildman–Crippen MR) is 115 cm³/mol. The lowest BCUT2D eigenvalue weighted by Crippen LogP contribution is -2.36. The number of hydrogen-bond acceptors (Lipinski definition) is 4. The fraction of sp³-hybridized carbons (Fsp3) is 0.318. The molecule has 0 spiro atoms. The Labute approximate surface area is 188 Å². The molecule has 1 N–H and O–H groups in total. The second-order valence-electron chi connectivity index (χ2n) is 7.70. The summed E-state index contributed by atoms with van der Waals surface area (Å²) in [5.74, 6) is -0.298. The second kappa shape index (κ2) is 8.82. The number of hydrogen-bond donors (Lipinski definition) is 1. The van der Waals surface area contributed by atoms with E-state index in [2.05, 4.69) is 15.4 Å². The summed E-state index contributed by atoms with van der Waals surface area (Å²) >= 11 is 5.90. The average Bonchev–Trinajstić information content (AvgIpc) is 3.21. The second-order valence-corrected chi connectivity index (χ2v) is 8.14. The van der Waals surface area contributed by atoms with Crippen LogP contribution in [0.1, 0.15) is 40.3 Å². The zero-order valence-corrected chi connectivity index (χ0v) is 17.9. The summed E-state index contributed by atoms with van der Waals surface area (Å²) in [6, 6.07) is 11.1. The zero-order valence-electron chi connectivity index (χ0n) is 17.2. The Hall–Kier alpha value is -3.07. The van der Waals surface area contributed by atoms with Crippen LogP contribution in [0.2, 0.25) is 5.02 Å². The third-order valence-electron chi connectivity index (χ3n) is 5.46. The van der Waals surface area contributed by atoms with Crippen molar-refractivity contribution in [3.05, 3.63) is 76.7 Å². The summed E-state index contributed by atoms with van der Waals surface area (Å²) in [7, 11) is 1.59. The third-order valence-corrected chi connectivity index (χ3v) is 5.71. The number of nitrogens with zero attached hydrogens (tertiary/aromatic N) is 4. The number of nitrogens with one attached hydrogen (secondary N) is 1. The van der Waals surface area contributed by atoms with Crippen LogP contribution in [-0.2, 0) is 6.42 Å². The summed E-state index contributed by atoms with van der Waals surface area (Å²) in [6.07, 6.45) is -2.57. The van der Waals surface area contributed by atoms with Crippen LogP contribution >= 0.6 is 11.6 Å². The lowest BCUT2D eigenvalue weighted by molar-refractivity contribution is -0.173. The summed E-state index contributed by atoms with van der Waals surface area (Å²) < 4.78 is 42.4. The molecule has 32 heavy (non-hydrogen) atoms. The van der Waals surface area contributed by atoms with Crippen molar-refractivity contribution in [2.45, 2.75) is 31.1 Å². The number of fused-ring (bicyclic) bond motifs is 1. The Morgan fingerprint density at radius 2 is 2.00 bits per heavy atom. The Morgan fingerprint density at radius 3 is 2.66 bits per heavy atom. The highest BCUT2D eigenvalue weighted by Crippen LogP contribution is 2.43. The lowest BCUT2D eigenvalue weighted by Gasteiger charge is -2.33. The molecule has 6 nitrogen and oxygen atoms in total. The number of anilines is 1. The predicted octanol–water partition coefficient (Wildman–Crippen LogP) is 4.91. The number of alkyl halides is 3. The molecule has 0 saturated carbocycles. The van der Waals surface area contributed by atoms with Gasteiger partial charge < -0.3 is 10.2 Å². The first kappa shape index (κ1) is 22.1. The molecule has 1 aliphatic heterocycles. The van der Waals surface area contributed by atoms with Gasteiger partial charge in [0, 0.05) is 49.4 Å². The fourth-order valence-electron chi connectivity index (χ4n) is 3.72. The van der Waals surface area contributed by atoms with Gasteiger partial charge in [-0.1, -0.05) is 29.8 Å². The Morgan fingerprint density at radius 1 is 1.25 bits per heavy atom. The highest BCUT2D eigenvalue weighted by atomic mass is 35.5. The van der Waals surface area contributed by atoms with Crippen LogP contribution in [0.15, 0.2) is 54.7 Å². The maximum absolute atomic E-state index is 13.8. The van der Waals surface area contributed by atoms with Gasteiger partial charge in [-0.3, -0.25) is 9.78 Å². The van der Waals surface area contributed by atoms with Crippen LogP contribution in [0.4, 0.5) is 19.0 Å². The molecule has 1 aliphatic rings. The minimum Gasteiger partial charge on any atom is -0.363 e. The minimum absolute atomic E-state index is 0.0398. The molecule has 0 aliphatic carbocycles. The Kier molecular flexibility index (Phi) is 6.10. The number of aromatic nitrogens is 3. The smallest absolute Gasteiger partial charge is 0.363 e. The molecule has 0 fully saturated rings. The topological polar surface area (TPSA) is 63.1 Å². The number of amides is 1. The van der Waals surface area contributed by atoms with Gasteiger partial charge in [0.25, 0.3) is 5.91 Å². The number of rotatable bonds is 5. The van der Waals surface area contributed by atoms with E-state index in [0.29, 0.717) is 23.6 Å². The van der Waals surface area contributed by atoms with Crippen LogP contribution in [-0.4, -0.2) is 45.3 Å². The van der Waals surface area contributed by atoms with Gasteiger partial charge in [-0.2, -0.15) is 18.3 Å². The van der Waals surface area contributed by atoms with Crippen LogP contribution in [0.3, 0.4) is 0 Å². The van der Waals surface area contributed by atoms with Crippen molar-refractivity contribution in [1.82, 2.24) is 19.7 Å². The highest BCUT2D eigenvalue weighted by molar-refractivity contribution is 6.30. The summed E-state index contributed by atoms with van der Waals surface area (Å²) in [5.41, 5.74) is 1.46.